The van der Waals surface area contributed by atoms with Crippen LogP contribution in [0.4, 0.5) is 0 Å². The number of rotatable bonds is 7. The molecule has 0 aliphatic rings. The summed E-state index contributed by atoms with van der Waals surface area (Å²) in [7, 11) is 3.84. The van der Waals surface area contributed by atoms with Crippen molar-refractivity contribution < 1.29 is 4.79 Å². The minimum atomic E-state index is 0.101. The Labute approximate surface area is 165 Å². The van der Waals surface area contributed by atoms with E-state index in [2.05, 4.69) is 48.3 Å². The highest BCUT2D eigenvalue weighted by atomic mass is 32.2. The van der Waals surface area contributed by atoms with Crippen molar-refractivity contribution in [2.24, 2.45) is 7.05 Å². The molecule has 140 valence electrons. The number of carbonyl (C=O) groups excluding carboxylic acids is 1. The first-order chi connectivity index (χ1) is 13.1. The number of amides is 1. The molecule has 3 rings (SSSR count). The standard InChI is InChI=1S/C22H25N3OS/c1-4-17-10-12-18(13-11-17)15-24(2)21(26)16-27-22-23-14-20(25(22)3)19-8-6-5-7-9-19/h5-14H,4,15-16H2,1-3H3. The molecule has 27 heavy (non-hydrogen) atoms. The zero-order valence-electron chi connectivity index (χ0n) is 16.1. The summed E-state index contributed by atoms with van der Waals surface area (Å²) in [5.74, 6) is 0.478. The lowest BCUT2D eigenvalue weighted by Gasteiger charge is -2.17. The maximum absolute atomic E-state index is 12.5. The van der Waals surface area contributed by atoms with Gasteiger partial charge >= 0.3 is 0 Å². The number of hydrogen-bond acceptors (Lipinski definition) is 3. The van der Waals surface area contributed by atoms with Gasteiger partial charge in [0.25, 0.3) is 0 Å². The zero-order valence-corrected chi connectivity index (χ0v) is 16.9. The van der Waals surface area contributed by atoms with Crippen molar-refractivity contribution in [1.29, 1.82) is 0 Å². The molecule has 5 heteroatoms. The van der Waals surface area contributed by atoms with Crippen LogP contribution in [0.1, 0.15) is 18.1 Å². The molecule has 0 spiro atoms. The summed E-state index contributed by atoms with van der Waals surface area (Å²) < 4.78 is 2.04. The topological polar surface area (TPSA) is 38.1 Å². The van der Waals surface area contributed by atoms with Crippen molar-refractivity contribution in [3.63, 3.8) is 0 Å². The second-order valence-electron chi connectivity index (χ2n) is 6.56. The van der Waals surface area contributed by atoms with Gasteiger partial charge in [-0.1, -0.05) is 73.3 Å². The highest BCUT2D eigenvalue weighted by Gasteiger charge is 2.14. The van der Waals surface area contributed by atoms with Gasteiger partial charge in [-0.3, -0.25) is 4.79 Å². The molecule has 1 amide bonds. The summed E-state index contributed by atoms with van der Waals surface area (Å²) in [5, 5.41) is 0.850. The molecule has 0 atom stereocenters. The summed E-state index contributed by atoms with van der Waals surface area (Å²) in [6.45, 7) is 2.77. The molecule has 0 N–H and O–H groups in total. The monoisotopic (exact) mass is 379 g/mol. The van der Waals surface area contributed by atoms with Crippen LogP contribution < -0.4 is 0 Å². The molecule has 2 aromatic carbocycles. The number of nitrogens with zero attached hydrogens (tertiary/aromatic N) is 3. The second kappa shape index (κ2) is 8.91. The molecule has 0 aliphatic carbocycles. The molecule has 1 aromatic heterocycles. The van der Waals surface area contributed by atoms with Crippen LogP contribution in [0.3, 0.4) is 0 Å². The summed E-state index contributed by atoms with van der Waals surface area (Å²) in [4.78, 5) is 18.8. The van der Waals surface area contributed by atoms with Gasteiger partial charge in [-0.05, 0) is 23.1 Å². The van der Waals surface area contributed by atoms with E-state index in [-0.39, 0.29) is 5.91 Å². The van der Waals surface area contributed by atoms with Crippen molar-refractivity contribution in [3.05, 3.63) is 71.9 Å². The number of carbonyl (C=O) groups is 1. The Balaban J connectivity index is 1.58. The van der Waals surface area contributed by atoms with Crippen molar-refractivity contribution in [2.45, 2.75) is 25.0 Å². The molecule has 0 radical (unpaired) electrons. The average molecular weight is 380 g/mol. The van der Waals surface area contributed by atoms with E-state index in [9.17, 15) is 4.79 Å². The fourth-order valence-corrected chi connectivity index (χ4v) is 3.77. The normalized spacial score (nSPS) is 10.8. The van der Waals surface area contributed by atoms with E-state index < -0.39 is 0 Å². The molecule has 1 heterocycles. The molecular weight excluding hydrogens is 354 g/mol. The van der Waals surface area contributed by atoms with E-state index in [1.807, 2.05) is 43.1 Å². The maximum Gasteiger partial charge on any atom is 0.233 e. The van der Waals surface area contributed by atoms with Crippen LogP contribution in [0.5, 0.6) is 0 Å². The fraction of sp³-hybridized carbons (Fsp3) is 0.273. The molecule has 0 saturated heterocycles. The number of aryl methyl sites for hydroxylation is 1. The van der Waals surface area contributed by atoms with E-state index in [1.54, 1.807) is 4.90 Å². The second-order valence-corrected chi connectivity index (χ2v) is 7.50. The minimum absolute atomic E-state index is 0.101. The van der Waals surface area contributed by atoms with E-state index >= 15 is 0 Å². The first-order valence-electron chi connectivity index (χ1n) is 9.10. The average Bonchev–Trinajstić information content (AvgIpc) is 3.07. The molecule has 4 nitrogen and oxygen atoms in total. The largest absolute Gasteiger partial charge is 0.341 e. The third-order valence-corrected chi connectivity index (χ3v) is 5.65. The van der Waals surface area contributed by atoms with Gasteiger partial charge < -0.3 is 9.47 Å². The van der Waals surface area contributed by atoms with E-state index in [0.717, 1.165) is 28.4 Å². The Hall–Kier alpha value is -2.53. The predicted molar refractivity (Wildman–Crippen MR) is 112 cm³/mol. The number of hydrogen-bond donors (Lipinski definition) is 0. The minimum Gasteiger partial charge on any atom is -0.341 e. The van der Waals surface area contributed by atoms with E-state index in [1.165, 1.54) is 17.3 Å². The van der Waals surface area contributed by atoms with Crippen LogP contribution in [-0.4, -0.2) is 33.2 Å². The lowest BCUT2D eigenvalue weighted by Crippen LogP contribution is -2.27. The van der Waals surface area contributed by atoms with Crippen molar-refractivity contribution in [2.75, 3.05) is 12.8 Å². The molecular formula is C22H25N3OS. The Morgan fingerprint density at radius 2 is 1.74 bits per heavy atom. The maximum atomic E-state index is 12.5. The lowest BCUT2D eigenvalue weighted by atomic mass is 10.1. The van der Waals surface area contributed by atoms with Gasteiger partial charge in [-0.2, -0.15) is 0 Å². The summed E-state index contributed by atoms with van der Waals surface area (Å²) in [5.41, 5.74) is 4.64. The van der Waals surface area contributed by atoms with Crippen molar-refractivity contribution in [3.8, 4) is 11.3 Å². The van der Waals surface area contributed by atoms with Crippen LogP contribution in [0.15, 0.2) is 66.0 Å². The highest BCUT2D eigenvalue weighted by molar-refractivity contribution is 7.99. The molecule has 0 aliphatic heterocycles. The first kappa shape index (κ1) is 19.2. The van der Waals surface area contributed by atoms with E-state index in [4.69, 9.17) is 0 Å². The number of benzene rings is 2. The first-order valence-corrected chi connectivity index (χ1v) is 10.1. The lowest BCUT2D eigenvalue weighted by molar-refractivity contribution is -0.127. The van der Waals surface area contributed by atoms with Crippen LogP contribution in [-0.2, 0) is 24.8 Å². The van der Waals surface area contributed by atoms with Crippen LogP contribution in [0.2, 0.25) is 0 Å². The molecule has 0 unspecified atom stereocenters. The smallest absolute Gasteiger partial charge is 0.233 e. The molecule has 0 saturated carbocycles. The third kappa shape index (κ3) is 4.80. The Morgan fingerprint density at radius 1 is 1.07 bits per heavy atom. The molecule has 3 aromatic rings. The zero-order chi connectivity index (χ0) is 19.2. The van der Waals surface area contributed by atoms with Gasteiger partial charge in [0, 0.05) is 20.6 Å². The Morgan fingerprint density at radius 3 is 2.41 bits per heavy atom. The Kier molecular flexibility index (Phi) is 6.35. The Bertz CT molecular complexity index is 888. The third-order valence-electron chi connectivity index (χ3n) is 4.62. The van der Waals surface area contributed by atoms with Crippen molar-refractivity contribution >= 4 is 17.7 Å². The molecule has 0 fully saturated rings. The van der Waals surface area contributed by atoms with Gasteiger partial charge in [0.15, 0.2) is 5.16 Å². The van der Waals surface area contributed by atoms with Crippen LogP contribution in [0, 0.1) is 0 Å². The summed E-state index contributed by atoms with van der Waals surface area (Å²) in [6, 6.07) is 18.6. The van der Waals surface area contributed by atoms with Gasteiger partial charge in [0.05, 0.1) is 17.6 Å². The van der Waals surface area contributed by atoms with Gasteiger partial charge in [-0.25, -0.2) is 4.98 Å². The van der Waals surface area contributed by atoms with Gasteiger partial charge in [0.1, 0.15) is 0 Å². The predicted octanol–water partition coefficient (Wildman–Crippen LogP) is 4.40. The molecule has 0 bridgehead atoms. The van der Waals surface area contributed by atoms with Gasteiger partial charge in [0.2, 0.25) is 5.91 Å². The van der Waals surface area contributed by atoms with Crippen molar-refractivity contribution in [1.82, 2.24) is 14.5 Å². The fourth-order valence-electron chi connectivity index (χ4n) is 2.88. The van der Waals surface area contributed by atoms with Crippen LogP contribution in [0.25, 0.3) is 11.3 Å². The highest BCUT2D eigenvalue weighted by Crippen LogP contribution is 2.24. The van der Waals surface area contributed by atoms with Gasteiger partial charge in [-0.15, -0.1) is 0 Å². The SMILES string of the molecule is CCc1ccc(CN(C)C(=O)CSc2ncc(-c3ccccc3)n2C)cc1. The van der Waals surface area contributed by atoms with Crippen LogP contribution >= 0.6 is 11.8 Å². The number of imidazole rings is 1. The van der Waals surface area contributed by atoms with E-state index in [0.29, 0.717) is 12.3 Å². The quantitative estimate of drug-likeness (QED) is 0.571. The summed E-state index contributed by atoms with van der Waals surface area (Å²) >= 11 is 1.48. The summed E-state index contributed by atoms with van der Waals surface area (Å²) in [6.07, 6.45) is 2.89. The number of thioether (sulfide) groups is 1. The number of aromatic nitrogens is 2.